The van der Waals surface area contributed by atoms with E-state index in [1.54, 1.807) is 13.8 Å². The van der Waals surface area contributed by atoms with Gasteiger partial charge < -0.3 is 26.3 Å². The van der Waals surface area contributed by atoms with Crippen LogP contribution in [0.2, 0.25) is 0 Å². The van der Waals surface area contributed by atoms with Gasteiger partial charge in [-0.15, -0.1) is 0 Å². The van der Waals surface area contributed by atoms with Gasteiger partial charge in [-0.1, -0.05) is 11.8 Å². The Labute approximate surface area is 165 Å². The first-order valence-electron chi connectivity index (χ1n) is 8.24. The number of benzene rings is 1. The Morgan fingerprint density at radius 2 is 1.75 bits per heavy atom. The molecular weight excluding hydrogens is 388 g/mol. The van der Waals surface area contributed by atoms with Crippen LogP contribution < -0.4 is 26.3 Å². The van der Waals surface area contributed by atoms with Crippen LogP contribution in [0, 0.1) is 10.1 Å². The third-order valence-corrected chi connectivity index (χ3v) is 4.06. The number of nitro groups is 1. The normalized spacial score (nSPS) is 10.4. The number of nitrogens with two attached hydrogens (primary N) is 2. The van der Waals surface area contributed by atoms with E-state index < -0.39 is 10.8 Å². The number of aromatic nitrogens is 2. The molecule has 0 aliphatic carbocycles. The number of nitrogens with one attached hydrogen (secondary N) is 1. The van der Waals surface area contributed by atoms with E-state index in [-0.39, 0.29) is 58.6 Å². The lowest BCUT2D eigenvalue weighted by molar-refractivity contribution is -0.385. The van der Waals surface area contributed by atoms with Crippen LogP contribution in [0.4, 0.5) is 23.0 Å². The van der Waals surface area contributed by atoms with Gasteiger partial charge in [0.05, 0.1) is 35.6 Å². The standard InChI is InChI=1S/C16H20N6O5S/c1-3-26-11-6-10(22(24)25)12(27-4-2)5-9(11)19-15(23)8-28-16-20-13(17)7-14(18)21-16/h5-7H,3-4,8H2,1-2H3,(H,19,23)(H4,17,18,20,21). The van der Waals surface area contributed by atoms with E-state index in [9.17, 15) is 14.9 Å². The first-order chi connectivity index (χ1) is 13.3. The summed E-state index contributed by atoms with van der Waals surface area (Å²) in [5.41, 5.74) is 11.2. The quantitative estimate of drug-likeness (QED) is 0.242. The smallest absolute Gasteiger partial charge is 0.314 e. The van der Waals surface area contributed by atoms with Crippen molar-refractivity contribution in [3.05, 3.63) is 28.3 Å². The maximum atomic E-state index is 12.3. The van der Waals surface area contributed by atoms with Gasteiger partial charge in [0.1, 0.15) is 17.4 Å². The number of ether oxygens (including phenoxy) is 2. The van der Waals surface area contributed by atoms with E-state index in [4.69, 9.17) is 20.9 Å². The Kier molecular flexibility index (Phi) is 7.21. The molecule has 1 heterocycles. The Morgan fingerprint density at radius 1 is 1.14 bits per heavy atom. The van der Waals surface area contributed by atoms with E-state index in [1.807, 2.05) is 0 Å². The van der Waals surface area contributed by atoms with Crippen LogP contribution in [0.3, 0.4) is 0 Å². The van der Waals surface area contributed by atoms with Crippen molar-refractivity contribution in [1.29, 1.82) is 0 Å². The van der Waals surface area contributed by atoms with Gasteiger partial charge >= 0.3 is 5.69 Å². The summed E-state index contributed by atoms with van der Waals surface area (Å²) < 4.78 is 10.7. The predicted octanol–water partition coefficient (Wildman–Crippen LogP) is 2.08. The number of thioether (sulfide) groups is 1. The van der Waals surface area contributed by atoms with E-state index >= 15 is 0 Å². The third kappa shape index (κ3) is 5.61. The first-order valence-corrected chi connectivity index (χ1v) is 9.23. The zero-order valence-corrected chi connectivity index (χ0v) is 16.1. The lowest BCUT2D eigenvalue weighted by Gasteiger charge is -2.14. The number of amides is 1. The Morgan fingerprint density at radius 3 is 2.32 bits per heavy atom. The number of carbonyl (C=O) groups excluding carboxylic acids is 1. The molecule has 1 aromatic carbocycles. The van der Waals surface area contributed by atoms with Gasteiger partial charge in [0, 0.05) is 12.1 Å². The molecular formula is C16H20N6O5S. The van der Waals surface area contributed by atoms with Crippen molar-refractivity contribution in [2.75, 3.05) is 35.8 Å². The van der Waals surface area contributed by atoms with Gasteiger partial charge in [-0.25, -0.2) is 9.97 Å². The predicted molar refractivity (Wildman–Crippen MR) is 106 cm³/mol. The molecule has 28 heavy (non-hydrogen) atoms. The fraction of sp³-hybridized carbons (Fsp3) is 0.312. The highest BCUT2D eigenvalue weighted by atomic mass is 32.2. The lowest BCUT2D eigenvalue weighted by atomic mass is 10.2. The minimum Gasteiger partial charge on any atom is -0.491 e. The van der Waals surface area contributed by atoms with Crippen molar-refractivity contribution in [3.8, 4) is 11.5 Å². The monoisotopic (exact) mass is 408 g/mol. The fourth-order valence-electron chi connectivity index (χ4n) is 2.18. The number of nitrogens with zero attached hydrogens (tertiary/aromatic N) is 3. The molecule has 0 atom stereocenters. The molecule has 0 saturated heterocycles. The molecule has 11 nitrogen and oxygen atoms in total. The largest absolute Gasteiger partial charge is 0.491 e. The third-order valence-electron chi connectivity index (χ3n) is 3.21. The van der Waals surface area contributed by atoms with Crippen molar-refractivity contribution in [3.63, 3.8) is 0 Å². The summed E-state index contributed by atoms with van der Waals surface area (Å²) in [5, 5.41) is 14.2. The Bertz CT molecular complexity index is 859. The van der Waals surface area contributed by atoms with Gasteiger partial charge in [-0.3, -0.25) is 14.9 Å². The maximum Gasteiger partial charge on any atom is 0.314 e. The summed E-state index contributed by atoms with van der Waals surface area (Å²) in [5.74, 6) is 0.171. The van der Waals surface area contributed by atoms with Crippen molar-refractivity contribution in [2.45, 2.75) is 19.0 Å². The molecule has 150 valence electrons. The lowest BCUT2D eigenvalue weighted by Crippen LogP contribution is -2.16. The highest BCUT2D eigenvalue weighted by Gasteiger charge is 2.21. The van der Waals surface area contributed by atoms with Crippen LogP contribution in [0.15, 0.2) is 23.4 Å². The SMILES string of the molecule is CCOc1cc([N+](=O)[O-])c(OCC)cc1NC(=O)CSc1nc(N)cc(N)n1. The van der Waals surface area contributed by atoms with Crippen molar-refractivity contribution < 1.29 is 19.2 Å². The number of hydrogen-bond donors (Lipinski definition) is 3. The summed E-state index contributed by atoms with van der Waals surface area (Å²) >= 11 is 1.04. The average Bonchev–Trinajstić information content (AvgIpc) is 2.61. The molecule has 0 unspecified atom stereocenters. The highest BCUT2D eigenvalue weighted by molar-refractivity contribution is 7.99. The summed E-state index contributed by atoms with van der Waals surface area (Å²) in [4.78, 5) is 31.0. The molecule has 1 amide bonds. The Hall–Kier alpha value is -3.28. The highest BCUT2D eigenvalue weighted by Crippen LogP contribution is 2.38. The van der Waals surface area contributed by atoms with Crippen LogP contribution in [0.1, 0.15) is 13.8 Å². The van der Waals surface area contributed by atoms with Gasteiger partial charge in [0.25, 0.3) is 0 Å². The second-order valence-electron chi connectivity index (χ2n) is 5.28. The molecule has 1 aromatic heterocycles. The Balaban J connectivity index is 2.19. The topological polar surface area (TPSA) is 169 Å². The maximum absolute atomic E-state index is 12.3. The number of rotatable bonds is 9. The first kappa shape index (κ1) is 21.0. The van der Waals surface area contributed by atoms with Crippen molar-refractivity contribution >= 4 is 40.7 Å². The van der Waals surface area contributed by atoms with E-state index in [0.717, 1.165) is 11.8 Å². The molecule has 0 radical (unpaired) electrons. The summed E-state index contributed by atoms with van der Waals surface area (Å²) in [6.07, 6.45) is 0. The van der Waals surface area contributed by atoms with Crippen LogP contribution in [-0.2, 0) is 4.79 Å². The number of nitro benzene ring substituents is 1. The van der Waals surface area contributed by atoms with Gasteiger partial charge in [-0.2, -0.15) is 0 Å². The molecule has 5 N–H and O–H groups in total. The summed E-state index contributed by atoms with van der Waals surface area (Å²) in [6.45, 7) is 3.92. The van der Waals surface area contributed by atoms with Crippen molar-refractivity contribution in [1.82, 2.24) is 9.97 Å². The van der Waals surface area contributed by atoms with E-state index in [2.05, 4.69) is 15.3 Å². The average molecular weight is 408 g/mol. The minimum absolute atomic E-state index is 0.0323. The number of nitrogen functional groups attached to an aromatic ring is 2. The molecule has 0 bridgehead atoms. The number of carbonyl (C=O) groups is 1. The van der Waals surface area contributed by atoms with E-state index in [0.29, 0.717) is 0 Å². The van der Waals surface area contributed by atoms with Crippen LogP contribution >= 0.6 is 11.8 Å². The number of hydrogen-bond acceptors (Lipinski definition) is 10. The van der Waals surface area contributed by atoms with Gasteiger partial charge in [-0.05, 0) is 13.8 Å². The minimum atomic E-state index is -0.573. The molecule has 0 aliphatic rings. The van der Waals surface area contributed by atoms with Crippen LogP contribution in [0.25, 0.3) is 0 Å². The van der Waals surface area contributed by atoms with E-state index in [1.165, 1.54) is 18.2 Å². The second kappa shape index (κ2) is 9.60. The van der Waals surface area contributed by atoms with Crippen molar-refractivity contribution in [2.24, 2.45) is 0 Å². The second-order valence-corrected chi connectivity index (χ2v) is 6.22. The molecule has 2 rings (SSSR count). The fourth-order valence-corrected chi connectivity index (χ4v) is 2.85. The summed E-state index contributed by atoms with van der Waals surface area (Å²) in [7, 11) is 0. The zero-order valence-electron chi connectivity index (χ0n) is 15.3. The molecule has 0 fully saturated rings. The molecule has 0 spiro atoms. The van der Waals surface area contributed by atoms with Gasteiger partial charge in [0.2, 0.25) is 5.91 Å². The molecule has 2 aromatic rings. The molecule has 12 heteroatoms. The van der Waals surface area contributed by atoms with Gasteiger partial charge in [0.15, 0.2) is 10.9 Å². The molecule has 0 aliphatic heterocycles. The summed E-state index contributed by atoms with van der Waals surface area (Å²) in [6, 6.07) is 3.99. The van der Waals surface area contributed by atoms with Crippen LogP contribution in [0.5, 0.6) is 11.5 Å². The molecule has 0 saturated carbocycles. The number of anilines is 3. The van der Waals surface area contributed by atoms with Crippen LogP contribution in [-0.4, -0.2) is 39.8 Å². The zero-order chi connectivity index (χ0) is 20.7.